The molecule has 1 saturated heterocycles. The van der Waals surface area contributed by atoms with Crippen molar-refractivity contribution in [1.29, 1.82) is 0 Å². The molecule has 0 bridgehead atoms. The van der Waals surface area contributed by atoms with Gasteiger partial charge < -0.3 is 20.3 Å². The Kier molecular flexibility index (Phi) is 9.11. The van der Waals surface area contributed by atoms with Crippen molar-refractivity contribution in [2.24, 2.45) is 0 Å². The van der Waals surface area contributed by atoms with E-state index in [1.165, 1.54) is 0 Å². The highest BCUT2D eigenvalue weighted by Gasteiger charge is 2.10. The summed E-state index contributed by atoms with van der Waals surface area (Å²) in [7, 11) is 0. The average molecular weight is 390 g/mol. The van der Waals surface area contributed by atoms with Crippen molar-refractivity contribution in [2.75, 3.05) is 45.9 Å². The molecule has 2 aromatic carbocycles. The Morgan fingerprint density at radius 2 is 1.74 bits per heavy atom. The van der Waals surface area contributed by atoms with Gasteiger partial charge in [-0.1, -0.05) is 48.5 Å². The van der Waals surface area contributed by atoms with E-state index in [0.717, 1.165) is 56.0 Å². The molecule has 1 heterocycles. The number of carbonyl (C=O) groups is 1. The van der Waals surface area contributed by atoms with Crippen LogP contribution in [-0.4, -0.2) is 56.7 Å². The molecule has 0 radical (unpaired) electrons. The van der Waals surface area contributed by atoms with Crippen molar-refractivity contribution in [3.8, 4) is 16.9 Å². The van der Waals surface area contributed by atoms with Gasteiger partial charge in [-0.15, -0.1) is 12.4 Å². The van der Waals surface area contributed by atoms with Crippen LogP contribution in [0.25, 0.3) is 11.1 Å². The molecule has 0 spiro atoms. The maximum absolute atomic E-state index is 12.1. The smallest absolute Gasteiger partial charge is 0.257 e. The molecule has 5 nitrogen and oxygen atoms in total. The lowest BCUT2D eigenvalue weighted by Gasteiger charge is -2.27. The van der Waals surface area contributed by atoms with Gasteiger partial charge in [-0.25, -0.2) is 0 Å². The summed E-state index contributed by atoms with van der Waals surface area (Å²) in [6, 6.07) is 17.9. The lowest BCUT2D eigenvalue weighted by Crippen LogP contribution is -2.44. The first kappa shape index (κ1) is 21.2. The fraction of sp³-hybridized carbons (Fsp3) is 0.381. The summed E-state index contributed by atoms with van der Waals surface area (Å²) in [6.07, 6.45) is 0.965. The van der Waals surface area contributed by atoms with Crippen molar-refractivity contribution in [3.05, 3.63) is 54.6 Å². The van der Waals surface area contributed by atoms with Crippen LogP contribution in [0.2, 0.25) is 0 Å². The Morgan fingerprint density at radius 1 is 1.04 bits per heavy atom. The molecule has 0 unspecified atom stereocenters. The summed E-state index contributed by atoms with van der Waals surface area (Å²) >= 11 is 0. The van der Waals surface area contributed by atoms with Crippen LogP contribution in [-0.2, 0) is 4.79 Å². The predicted molar refractivity (Wildman–Crippen MR) is 112 cm³/mol. The lowest BCUT2D eigenvalue weighted by atomic mass is 10.1. The van der Waals surface area contributed by atoms with Gasteiger partial charge in [0.25, 0.3) is 5.91 Å². The number of halogens is 1. The number of nitrogens with one attached hydrogen (secondary N) is 2. The van der Waals surface area contributed by atoms with Gasteiger partial charge in [-0.3, -0.25) is 4.79 Å². The number of nitrogens with zero attached hydrogens (tertiary/aromatic N) is 1. The van der Waals surface area contributed by atoms with Crippen molar-refractivity contribution >= 4 is 18.3 Å². The normalized spacial score (nSPS) is 14.2. The highest BCUT2D eigenvalue weighted by atomic mass is 35.5. The van der Waals surface area contributed by atoms with Crippen LogP contribution in [0.5, 0.6) is 5.75 Å². The third kappa shape index (κ3) is 6.86. The molecule has 2 aromatic rings. The van der Waals surface area contributed by atoms with E-state index in [9.17, 15) is 4.79 Å². The van der Waals surface area contributed by atoms with Crippen molar-refractivity contribution < 1.29 is 9.53 Å². The van der Waals surface area contributed by atoms with Gasteiger partial charge in [-0.05, 0) is 24.6 Å². The Bertz CT molecular complexity index is 691. The number of piperazine rings is 1. The standard InChI is InChI=1S/C21H27N3O2.ClH/c25-21(23-11-6-14-24-15-12-22-13-16-24)17-26-20-10-5-4-9-19(20)18-7-2-1-3-8-18;/h1-5,7-10,22H,6,11-17H2,(H,23,25);1H. The summed E-state index contributed by atoms with van der Waals surface area (Å²) in [5, 5.41) is 6.29. The molecule has 146 valence electrons. The fourth-order valence-corrected chi connectivity index (χ4v) is 3.11. The molecule has 1 fully saturated rings. The van der Waals surface area contributed by atoms with Gasteiger partial charge in [-0.2, -0.15) is 0 Å². The molecule has 1 amide bonds. The van der Waals surface area contributed by atoms with Crippen molar-refractivity contribution in [3.63, 3.8) is 0 Å². The molecular formula is C21H28ClN3O2. The van der Waals surface area contributed by atoms with E-state index in [1.54, 1.807) is 0 Å². The number of hydrogen-bond acceptors (Lipinski definition) is 4. The zero-order valence-corrected chi connectivity index (χ0v) is 16.3. The monoisotopic (exact) mass is 389 g/mol. The zero-order chi connectivity index (χ0) is 18.0. The fourth-order valence-electron chi connectivity index (χ4n) is 3.11. The maximum atomic E-state index is 12.1. The second-order valence-corrected chi connectivity index (χ2v) is 6.45. The van der Waals surface area contributed by atoms with Crippen LogP contribution in [0.1, 0.15) is 6.42 Å². The largest absolute Gasteiger partial charge is 0.483 e. The van der Waals surface area contributed by atoms with E-state index in [-0.39, 0.29) is 24.9 Å². The van der Waals surface area contributed by atoms with E-state index >= 15 is 0 Å². The predicted octanol–water partition coefficient (Wildman–Crippen LogP) is 2.57. The van der Waals surface area contributed by atoms with Crippen molar-refractivity contribution in [2.45, 2.75) is 6.42 Å². The minimum absolute atomic E-state index is 0. The van der Waals surface area contributed by atoms with E-state index < -0.39 is 0 Å². The first-order valence-electron chi connectivity index (χ1n) is 9.30. The van der Waals surface area contributed by atoms with Crippen LogP contribution in [0.15, 0.2) is 54.6 Å². The summed E-state index contributed by atoms with van der Waals surface area (Å²) in [5.41, 5.74) is 2.08. The summed E-state index contributed by atoms with van der Waals surface area (Å²) in [4.78, 5) is 14.5. The number of carbonyl (C=O) groups excluding carboxylic acids is 1. The number of ether oxygens (including phenoxy) is 1. The molecule has 1 aliphatic rings. The quantitative estimate of drug-likeness (QED) is 0.681. The molecule has 0 saturated carbocycles. The molecule has 0 aromatic heterocycles. The molecule has 27 heavy (non-hydrogen) atoms. The van der Waals surface area contributed by atoms with Gasteiger partial charge in [0, 0.05) is 38.3 Å². The summed E-state index contributed by atoms with van der Waals surface area (Å²) < 4.78 is 5.77. The Labute approximate surface area is 167 Å². The van der Waals surface area contributed by atoms with E-state index in [0.29, 0.717) is 6.54 Å². The van der Waals surface area contributed by atoms with Crippen molar-refractivity contribution in [1.82, 2.24) is 15.5 Å². The number of hydrogen-bond donors (Lipinski definition) is 2. The molecule has 2 N–H and O–H groups in total. The third-order valence-corrected chi connectivity index (χ3v) is 4.51. The maximum Gasteiger partial charge on any atom is 0.257 e. The summed E-state index contributed by atoms with van der Waals surface area (Å²) in [5.74, 6) is 0.655. The molecule has 0 atom stereocenters. The Balaban J connectivity index is 0.00000261. The first-order chi connectivity index (χ1) is 12.8. The number of amides is 1. The lowest BCUT2D eigenvalue weighted by molar-refractivity contribution is -0.123. The topological polar surface area (TPSA) is 53.6 Å². The van der Waals surface area contributed by atoms with Gasteiger partial charge in [0.2, 0.25) is 0 Å². The second-order valence-electron chi connectivity index (χ2n) is 6.45. The van der Waals surface area contributed by atoms with Gasteiger partial charge in [0.1, 0.15) is 5.75 Å². The van der Waals surface area contributed by atoms with E-state index in [2.05, 4.69) is 15.5 Å². The molecule has 0 aliphatic carbocycles. The van der Waals surface area contributed by atoms with Crippen LogP contribution in [0.4, 0.5) is 0 Å². The molecular weight excluding hydrogens is 362 g/mol. The average Bonchev–Trinajstić information content (AvgIpc) is 2.71. The number of benzene rings is 2. The molecule has 3 rings (SSSR count). The van der Waals surface area contributed by atoms with Crippen LogP contribution in [0, 0.1) is 0 Å². The number of rotatable bonds is 8. The molecule has 6 heteroatoms. The number of para-hydroxylation sites is 1. The zero-order valence-electron chi connectivity index (χ0n) is 15.5. The van der Waals surface area contributed by atoms with Crippen LogP contribution in [0.3, 0.4) is 0 Å². The Morgan fingerprint density at radius 3 is 2.52 bits per heavy atom. The highest BCUT2D eigenvalue weighted by Crippen LogP contribution is 2.29. The minimum atomic E-state index is -0.0758. The van der Waals surface area contributed by atoms with Gasteiger partial charge >= 0.3 is 0 Å². The van der Waals surface area contributed by atoms with Gasteiger partial charge in [0.05, 0.1) is 0 Å². The molecule has 1 aliphatic heterocycles. The first-order valence-corrected chi connectivity index (χ1v) is 9.30. The Hall–Kier alpha value is -2.08. The van der Waals surface area contributed by atoms with Crippen LogP contribution >= 0.6 is 12.4 Å². The minimum Gasteiger partial charge on any atom is -0.483 e. The van der Waals surface area contributed by atoms with Gasteiger partial charge in [0.15, 0.2) is 6.61 Å². The third-order valence-electron chi connectivity index (χ3n) is 4.51. The van der Waals surface area contributed by atoms with Crippen LogP contribution < -0.4 is 15.4 Å². The van der Waals surface area contributed by atoms with E-state index in [4.69, 9.17) is 4.74 Å². The SMILES string of the molecule is Cl.O=C(COc1ccccc1-c1ccccc1)NCCCN1CCNCC1. The summed E-state index contributed by atoms with van der Waals surface area (Å²) in [6.45, 7) is 6.05. The van der Waals surface area contributed by atoms with E-state index in [1.807, 2.05) is 54.6 Å². The second kappa shape index (κ2) is 11.6. The highest BCUT2D eigenvalue weighted by molar-refractivity contribution is 5.85.